The summed E-state index contributed by atoms with van der Waals surface area (Å²) in [5.41, 5.74) is 4.50. The molecular weight excluding hydrogens is 630 g/mol. The molecule has 2 fully saturated rings. The number of methoxy groups -OCH3 is 1. The van der Waals surface area contributed by atoms with Gasteiger partial charge in [0.1, 0.15) is 0 Å². The summed E-state index contributed by atoms with van der Waals surface area (Å²) in [6, 6.07) is 16.3. The van der Waals surface area contributed by atoms with E-state index in [0.717, 1.165) is 18.5 Å². The molecule has 0 radical (unpaired) electrons. The maximum absolute atomic E-state index is 15.5. The number of nitrogens with zero attached hydrogens (tertiary/aromatic N) is 3. The first-order chi connectivity index (χ1) is 22.3. The van der Waals surface area contributed by atoms with Gasteiger partial charge in [0.2, 0.25) is 11.8 Å². The van der Waals surface area contributed by atoms with Gasteiger partial charge in [0.15, 0.2) is 5.82 Å². The minimum absolute atomic E-state index is 0.0862. The van der Waals surface area contributed by atoms with Gasteiger partial charge in [-0.05, 0) is 37.1 Å². The molecule has 2 saturated heterocycles. The topological polar surface area (TPSA) is 112 Å². The molecule has 2 aromatic carbocycles. The Kier molecular flexibility index (Phi) is 10.0. The van der Waals surface area contributed by atoms with Crippen LogP contribution in [0.5, 0.6) is 5.88 Å². The van der Waals surface area contributed by atoms with Crippen LogP contribution in [0.2, 0.25) is 10.0 Å². The Bertz CT molecular complexity index is 1740. The molecule has 2 aliphatic rings. The van der Waals surface area contributed by atoms with Gasteiger partial charge in [0.05, 0.1) is 46.0 Å². The van der Waals surface area contributed by atoms with E-state index in [1.807, 2.05) is 29.2 Å². The fraction of sp³-hybridized carbons (Fsp3) is 0.324. The number of anilines is 2. The van der Waals surface area contributed by atoms with E-state index in [1.54, 1.807) is 43.6 Å². The third kappa shape index (κ3) is 7.11. The molecule has 2 atom stereocenters. The molecular formula is C34H35Cl2FN6O3. The quantitative estimate of drug-likeness (QED) is 0.156. The largest absolute Gasteiger partial charge is 0.481 e. The van der Waals surface area contributed by atoms with E-state index in [4.69, 9.17) is 32.9 Å². The van der Waals surface area contributed by atoms with Crippen molar-refractivity contribution >= 4 is 40.5 Å². The van der Waals surface area contributed by atoms with Crippen LogP contribution in [0.4, 0.5) is 15.8 Å². The zero-order valence-corrected chi connectivity index (χ0v) is 26.8. The monoisotopic (exact) mass is 664 g/mol. The lowest BCUT2D eigenvalue weighted by Crippen LogP contribution is -2.35. The van der Waals surface area contributed by atoms with Crippen LogP contribution in [0.3, 0.4) is 0 Å². The molecule has 9 nitrogen and oxygen atoms in total. The summed E-state index contributed by atoms with van der Waals surface area (Å²) >= 11 is 13.8. The summed E-state index contributed by atoms with van der Waals surface area (Å²) in [4.78, 5) is 22.8. The first kappa shape index (κ1) is 32.2. The van der Waals surface area contributed by atoms with Gasteiger partial charge in [-0.3, -0.25) is 14.7 Å². The number of carbonyl (C=O) groups is 1. The lowest BCUT2D eigenvalue weighted by atomic mass is 10.0. The van der Waals surface area contributed by atoms with Gasteiger partial charge in [0, 0.05) is 73.6 Å². The van der Waals surface area contributed by atoms with Crippen LogP contribution >= 0.6 is 23.2 Å². The van der Waals surface area contributed by atoms with Crippen molar-refractivity contribution in [2.24, 2.45) is 0 Å². The fourth-order valence-corrected chi connectivity index (χ4v) is 6.50. The highest BCUT2D eigenvalue weighted by molar-refractivity contribution is 6.39. The molecule has 12 heteroatoms. The third-order valence-corrected chi connectivity index (χ3v) is 9.12. The fourth-order valence-electron chi connectivity index (χ4n) is 5.92. The predicted molar refractivity (Wildman–Crippen MR) is 178 cm³/mol. The number of ether oxygens (including phenoxy) is 1. The molecule has 46 heavy (non-hydrogen) atoms. The van der Waals surface area contributed by atoms with Crippen molar-refractivity contribution < 1.29 is 19.0 Å². The molecule has 4 N–H and O–H groups in total. The smallest absolute Gasteiger partial charge is 0.220 e. The van der Waals surface area contributed by atoms with Crippen LogP contribution in [-0.2, 0) is 17.9 Å². The second-order valence-corrected chi connectivity index (χ2v) is 12.3. The highest BCUT2D eigenvalue weighted by Crippen LogP contribution is 2.41. The number of likely N-dealkylation sites (tertiary alicyclic amines) is 1. The van der Waals surface area contributed by atoms with Gasteiger partial charge < -0.3 is 25.8 Å². The van der Waals surface area contributed by atoms with Crippen LogP contribution < -0.4 is 20.7 Å². The molecule has 4 aromatic rings. The number of halogens is 3. The summed E-state index contributed by atoms with van der Waals surface area (Å²) in [5.74, 6) is 0.180. The molecule has 0 spiro atoms. The number of hydrogen-bond acceptors (Lipinski definition) is 8. The molecule has 0 aliphatic carbocycles. The van der Waals surface area contributed by atoms with Crippen molar-refractivity contribution in [1.82, 2.24) is 25.5 Å². The van der Waals surface area contributed by atoms with E-state index in [1.165, 1.54) is 0 Å². The highest BCUT2D eigenvalue weighted by atomic mass is 35.5. The average molecular weight is 666 g/mol. The Morgan fingerprint density at radius 1 is 1.04 bits per heavy atom. The van der Waals surface area contributed by atoms with Crippen molar-refractivity contribution in [2.75, 3.05) is 32.1 Å². The summed E-state index contributed by atoms with van der Waals surface area (Å²) in [5, 5.41) is 20.0. The van der Waals surface area contributed by atoms with Gasteiger partial charge in [-0.2, -0.15) is 0 Å². The van der Waals surface area contributed by atoms with Crippen LogP contribution in [0.15, 0.2) is 60.8 Å². The number of nitrogens with one attached hydrogen (secondary N) is 3. The molecule has 1 amide bonds. The first-order valence-corrected chi connectivity index (χ1v) is 16.0. The van der Waals surface area contributed by atoms with Crippen LogP contribution in [0.25, 0.3) is 22.5 Å². The number of aromatic nitrogens is 2. The number of rotatable bonds is 11. The molecule has 0 bridgehead atoms. The van der Waals surface area contributed by atoms with Gasteiger partial charge >= 0.3 is 0 Å². The predicted octanol–water partition coefficient (Wildman–Crippen LogP) is 5.94. The zero-order valence-electron chi connectivity index (χ0n) is 25.3. The van der Waals surface area contributed by atoms with E-state index < -0.39 is 0 Å². The average Bonchev–Trinajstić information content (AvgIpc) is 3.67. The number of hydrogen-bond donors (Lipinski definition) is 4. The first-order valence-electron chi connectivity index (χ1n) is 15.2. The van der Waals surface area contributed by atoms with Crippen LogP contribution in [0, 0.1) is 5.82 Å². The van der Waals surface area contributed by atoms with Crippen molar-refractivity contribution in [3.63, 3.8) is 0 Å². The number of aliphatic hydroxyl groups is 1. The summed E-state index contributed by atoms with van der Waals surface area (Å²) in [6.45, 7) is 2.86. The van der Waals surface area contributed by atoms with E-state index in [2.05, 4.69) is 20.9 Å². The summed E-state index contributed by atoms with van der Waals surface area (Å²) in [7, 11) is 1.57. The zero-order chi connectivity index (χ0) is 32.2. The number of β-amino-alcohol motifs (C(OH)–C–C–N with tert-alkyl or cyclic N) is 1. The summed E-state index contributed by atoms with van der Waals surface area (Å²) in [6.07, 6.45) is 3.34. The highest BCUT2D eigenvalue weighted by Gasteiger charge is 2.23. The van der Waals surface area contributed by atoms with Crippen molar-refractivity contribution in [3.05, 3.63) is 87.8 Å². The van der Waals surface area contributed by atoms with Crippen molar-refractivity contribution in [1.29, 1.82) is 0 Å². The lowest BCUT2D eigenvalue weighted by Gasteiger charge is -2.18. The third-order valence-electron chi connectivity index (χ3n) is 8.33. The Balaban J connectivity index is 1.21. The number of aliphatic hydroxyl groups excluding tert-OH is 1. The molecule has 0 saturated carbocycles. The van der Waals surface area contributed by atoms with Gasteiger partial charge in [0.25, 0.3) is 0 Å². The normalized spacial score (nSPS) is 18.2. The van der Waals surface area contributed by atoms with Gasteiger partial charge in [-0.25, -0.2) is 9.37 Å². The van der Waals surface area contributed by atoms with Gasteiger partial charge in [-0.15, -0.1) is 0 Å². The summed E-state index contributed by atoms with van der Waals surface area (Å²) < 4.78 is 21.1. The van der Waals surface area contributed by atoms with E-state index in [-0.39, 0.29) is 23.9 Å². The van der Waals surface area contributed by atoms with Crippen molar-refractivity contribution in [3.8, 4) is 28.4 Å². The molecule has 4 heterocycles. The molecule has 6 rings (SSSR count). The van der Waals surface area contributed by atoms with E-state index >= 15 is 4.39 Å². The van der Waals surface area contributed by atoms with Crippen LogP contribution in [-0.4, -0.2) is 64.8 Å². The Morgan fingerprint density at radius 3 is 2.63 bits per heavy atom. The van der Waals surface area contributed by atoms with E-state index in [9.17, 15) is 9.90 Å². The molecule has 0 unspecified atom stereocenters. The standard InChI is InChI=1S/C34H35Cl2FN6O3/c1-46-34-20(16-38-17-22-9-11-29(45)40-22)8-10-26(42-34)24-12-14-39-33(31(24)36)25-5-3-6-27(30(25)35)41-28-7-2-4-21(32(28)37)18-43-15-13-23(44)19-43/h2-8,10,12,14,22-23,38,41,44H,9,11,13,15-19H2,1H3,(H,40,45)/t22-,23-/m1/s1. The second-order valence-electron chi connectivity index (χ2n) is 11.6. The van der Waals surface area contributed by atoms with Crippen molar-refractivity contribution in [2.45, 2.75) is 44.5 Å². The Morgan fingerprint density at radius 2 is 1.87 bits per heavy atom. The molecule has 2 aliphatic heterocycles. The minimum atomic E-state index is -0.372. The van der Waals surface area contributed by atoms with E-state index in [0.29, 0.717) is 94.4 Å². The molecule has 240 valence electrons. The number of pyridine rings is 2. The Hall–Kier alpha value is -3.80. The lowest BCUT2D eigenvalue weighted by molar-refractivity contribution is -0.119. The van der Waals surface area contributed by atoms with Gasteiger partial charge in [-0.1, -0.05) is 53.5 Å². The second kappa shape index (κ2) is 14.3. The number of carbonyl (C=O) groups excluding carboxylic acids is 1. The Labute approximate surface area is 277 Å². The SMILES string of the molecule is COc1nc(-c2ccnc(-c3cccc(Nc4cccc(CN5CC[C@@H](O)C5)c4F)c3Cl)c2Cl)ccc1CNC[C@H]1CCC(=O)N1. The molecule has 2 aromatic heterocycles. The number of amides is 1. The minimum Gasteiger partial charge on any atom is -0.481 e. The maximum atomic E-state index is 15.5. The van der Waals surface area contributed by atoms with Crippen LogP contribution in [0.1, 0.15) is 30.4 Å². The maximum Gasteiger partial charge on any atom is 0.220 e. The number of benzene rings is 2.